The molecule has 0 radical (unpaired) electrons. The molecule has 0 aromatic carbocycles. The topological polar surface area (TPSA) is 101 Å². The fourth-order valence-electron chi connectivity index (χ4n) is 1.40. The molecule has 1 rings (SSSR count). The van der Waals surface area contributed by atoms with E-state index in [1.165, 1.54) is 0 Å². The van der Waals surface area contributed by atoms with Gasteiger partial charge >= 0.3 is 12.0 Å². The molecule has 0 fully saturated rings. The number of carbonyl (C=O) groups excluding carboxylic acids is 1. The minimum atomic E-state index is -0.999. The van der Waals surface area contributed by atoms with Crippen molar-refractivity contribution in [2.75, 3.05) is 13.2 Å². The highest BCUT2D eigenvalue weighted by Gasteiger charge is 2.14. The molecule has 0 spiro atoms. The molecule has 0 atom stereocenters. The molecule has 0 aliphatic rings. The summed E-state index contributed by atoms with van der Waals surface area (Å²) >= 11 is 1.06. The van der Waals surface area contributed by atoms with Crippen LogP contribution in [0.25, 0.3) is 0 Å². The van der Waals surface area contributed by atoms with E-state index < -0.39 is 5.97 Å². The molecule has 112 valence electrons. The number of aryl methyl sites for hydroxylation is 1. The molecule has 0 aliphatic carbocycles. The summed E-state index contributed by atoms with van der Waals surface area (Å²) in [5.74, 6) is -0.999. The van der Waals surface area contributed by atoms with Crippen LogP contribution in [-0.4, -0.2) is 41.3 Å². The number of amides is 2. The zero-order valence-electron chi connectivity index (χ0n) is 11.7. The predicted molar refractivity (Wildman–Crippen MR) is 75.1 cm³/mol. The molecule has 8 heteroatoms. The molecular formula is C12H19N3O4S. The minimum absolute atomic E-state index is 0.132. The molecule has 3 N–H and O–H groups in total. The average Bonchev–Trinajstić information content (AvgIpc) is 2.73. The second kappa shape index (κ2) is 7.81. The quantitative estimate of drug-likeness (QED) is 0.660. The Balaban J connectivity index is 2.30. The minimum Gasteiger partial charge on any atom is -0.477 e. The first-order chi connectivity index (χ1) is 9.40. The van der Waals surface area contributed by atoms with Crippen LogP contribution in [0.3, 0.4) is 0 Å². The zero-order valence-corrected chi connectivity index (χ0v) is 12.5. The third-order valence-corrected chi connectivity index (χ3v) is 3.42. The summed E-state index contributed by atoms with van der Waals surface area (Å²) in [5, 5.41) is 14.7. The number of hydrogen-bond donors (Lipinski definition) is 3. The number of carboxylic acid groups (broad SMARTS) is 1. The van der Waals surface area contributed by atoms with E-state index >= 15 is 0 Å². The highest BCUT2D eigenvalue weighted by Crippen LogP contribution is 2.17. The number of rotatable bonds is 7. The summed E-state index contributed by atoms with van der Waals surface area (Å²) in [6.07, 6.45) is 0.132. The second-order valence-electron chi connectivity index (χ2n) is 4.36. The van der Waals surface area contributed by atoms with Gasteiger partial charge in [0.2, 0.25) is 0 Å². The number of carbonyl (C=O) groups is 2. The van der Waals surface area contributed by atoms with Crippen molar-refractivity contribution < 1.29 is 19.4 Å². The fraction of sp³-hybridized carbons (Fsp3) is 0.583. The van der Waals surface area contributed by atoms with Crippen LogP contribution in [0.4, 0.5) is 4.79 Å². The predicted octanol–water partition coefficient (Wildman–Crippen LogP) is 1.37. The molecule has 1 heterocycles. The molecule has 0 aliphatic heterocycles. The Hall–Kier alpha value is -1.67. The Morgan fingerprint density at radius 3 is 2.65 bits per heavy atom. The van der Waals surface area contributed by atoms with Crippen molar-refractivity contribution in [2.24, 2.45) is 0 Å². The Bertz CT molecular complexity index is 473. The van der Waals surface area contributed by atoms with Crippen LogP contribution in [0.5, 0.6) is 0 Å². The number of nitrogens with zero attached hydrogens (tertiary/aromatic N) is 1. The third-order valence-electron chi connectivity index (χ3n) is 2.27. The molecule has 7 nitrogen and oxygen atoms in total. The molecule has 0 saturated carbocycles. The van der Waals surface area contributed by atoms with Gasteiger partial charge in [0.05, 0.1) is 24.9 Å². The Kier molecular flexibility index (Phi) is 6.40. The number of nitrogens with one attached hydrogen (secondary N) is 2. The Morgan fingerprint density at radius 1 is 1.40 bits per heavy atom. The van der Waals surface area contributed by atoms with Crippen molar-refractivity contribution in [3.8, 4) is 0 Å². The smallest absolute Gasteiger partial charge is 0.347 e. The summed E-state index contributed by atoms with van der Waals surface area (Å²) in [6.45, 7) is 6.55. The van der Waals surface area contributed by atoms with Crippen molar-refractivity contribution in [3.63, 3.8) is 0 Å². The van der Waals surface area contributed by atoms with Crippen molar-refractivity contribution in [2.45, 2.75) is 33.4 Å². The van der Waals surface area contributed by atoms with Gasteiger partial charge in [-0.1, -0.05) is 0 Å². The molecule has 0 saturated heterocycles. The lowest BCUT2D eigenvalue weighted by Gasteiger charge is -2.09. The summed E-state index contributed by atoms with van der Waals surface area (Å²) < 4.78 is 5.28. The standard InChI is InChI=1S/C12H19N3O4S/c1-7(2)19-5-4-13-12(18)14-6-9-15-8(3)10(20-9)11(16)17/h7H,4-6H2,1-3H3,(H,16,17)(H2,13,14,18). The number of aromatic nitrogens is 1. The van der Waals surface area contributed by atoms with Gasteiger partial charge in [-0.2, -0.15) is 0 Å². The van der Waals surface area contributed by atoms with E-state index in [1.54, 1.807) is 6.92 Å². The van der Waals surface area contributed by atoms with Crippen LogP contribution < -0.4 is 10.6 Å². The van der Waals surface area contributed by atoms with Gasteiger partial charge in [0.1, 0.15) is 9.88 Å². The lowest BCUT2D eigenvalue weighted by molar-refractivity contribution is 0.0701. The number of urea groups is 1. The van der Waals surface area contributed by atoms with Crippen LogP contribution in [0.15, 0.2) is 0 Å². The van der Waals surface area contributed by atoms with Crippen LogP contribution in [-0.2, 0) is 11.3 Å². The largest absolute Gasteiger partial charge is 0.477 e. The van der Waals surface area contributed by atoms with Crippen molar-refractivity contribution in [1.29, 1.82) is 0 Å². The molecule has 0 bridgehead atoms. The van der Waals surface area contributed by atoms with E-state index in [0.29, 0.717) is 23.9 Å². The molecule has 0 unspecified atom stereocenters. The Morgan fingerprint density at radius 2 is 2.10 bits per heavy atom. The van der Waals surface area contributed by atoms with E-state index in [4.69, 9.17) is 9.84 Å². The van der Waals surface area contributed by atoms with E-state index in [0.717, 1.165) is 11.3 Å². The maximum absolute atomic E-state index is 11.5. The van der Waals surface area contributed by atoms with Gasteiger partial charge in [0, 0.05) is 6.54 Å². The molecule has 20 heavy (non-hydrogen) atoms. The first-order valence-corrected chi connectivity index (χ1v) is 7.04. The summed E-state index contributed by atoms with van der Waals surface area (Å²) in [4.78, 5) is 26.6. The number of carboxylic acids is 1. The highest BCUT2D eigenvalue weighted by molar-refractivity contribution is 7.13. The number of aromatic carboxylic acids is 1. The summed E-state index contributed by atoms with van der Waals surface area (Å²) in [5.41, 5.74) is 0.463. The van der Waals surface area contributed by atoms with Gasteiger partial charge in [-0.25, -0.2) is 14.6 Å². The van der Waals surface area contributed by atoms with E-state index in [-0.39, 0.29) is 23.6 Å². The van der Waals surface area contributed by atoms with Crippen LogP contribution in [0.2, 0.25) is 0 Å². The van der Waals surface area contributed by atoms with Gasteiger partial charge in [0.15, 0.2) is 0 Å². The average molecular weight is 301 g/mol. The monoisotopic (exact) mass is 301 g/mol. The normalized spacial score (nSPS) is 10.6. The zero-order chi connectivity index (χ0) is 15.1. The summed E-state index contributed by atoms with van der Waals surface area (Å²) in [6, 6.07) is -0.331. The molecule has 2 amide bonds. The number of ether oxygens (including phenoxy) is 1. The van der Waals surface area contributed by atoms with Crippen LogP contribution in [0.1, 0.15) is 34.2 Å². The SMILES string of the molecule is Cc1nc(CNC(=O)NCCOC(C)C)sc1C(=O)O. The molecular weight excluding hydrogens is 282 g/mol. The van der Waals surface area contributed by atoms with E-state index in [2.05, 4.69) is 15.6 Å². The van der Waals surface area contributed by atoms with Crippen molar-refractivity contribution in [3.05, 3.63) is 15.6 Å². The second-order valence-corrected chi connectivity index (χ2v) is 5.44. The summed E-state index contributed by atoms with van der Waals surface area (Å²) in [7, 11) is 0. The fourth-order valence-corrected chi connectivity index (χ4v) is 2.25. The molecule has 1 aromatic rings. The lowest BCUT2D eigenvalue weighted by atomic mass is 10.4. The number of hydrogen-bond acceptors (Lipinski definition) is 5. The van der Waals surface area contributed by atoms with E-state index in [9.17, 15) is 9.59 Å². The van der Waals surface area contributed by atoms with Crippen LogP contribution >= 0.6 is 11.3 Å². The highest BCUT2D eigenvalue weighted by atomic mass is 32.1. The Labute approximate surface area is 121 Å². The van der Waals surface area contributed by atoms with E-state index in [1.807, 2.05) is 13.8 Å². The number of thiazole rings is 1. The van der Waals surface area contributed by atoms with Gasteiger partial charge in [0.25, 0.3) is 0 Å². The van der Waals surface area contributed by atoms with Gasteiger partial charge in [-0.05, 0) is 20.8 Å². The van der Waals surface area contributed by atoms with Gasteiger partial charge < -0.3 is 20.5 Å². The van der Waals surface area contributed by atoms with Gasteiger partial charge in [-0.3, -0.25) is 0 Å². The third kappa shape index (κ3) is 5.54. The first-order valence-electron chi connectivity index (χ1n) is 6.23. The first kappa shape index (κ1) is 16.4. The molecule has 1 aromatic heterocycles. The lowest BCUT2D eigenvalue weighted by Crippen LogP contribution is -2.37. The maximum atomic E-state index is 11.5. The van der Waals surface area contributed by atoms with Crippen molar-refractivity contribution >= 4 is 23.3 Å². The maximum Gasteiger partial charge on any atom is 0.347 e. The van der Waals surface area contributed by atoms with Crippen molar-refractivity contribution in [1.82, 2.24) is 15.6 Å². The van der Waals surface area contributed by atoms with Crippen LogP contribution in [0, 0.1) is 6.92 Å². The van der Waals surface area contributed by atoms with Gasteiger partial charge in [-0.15, -0.1) is 11.3 Å².